The normalized spacial score (nSPS) is 18.5. The van der Waals surface area contributed by atoms with Gasteiger partial charge in [0.05, 0.1) is 13.2 Å². The monoisotopic (exact) mass is 324 g/mol. The highest BCUT2D eigenvalue weighted by Crippen LogP contribution is 2.22. The SMILES string of the molecule is OCC(O)C(O)C(O)C(O)CN(C(=S)[S-])C(F)(F)F. The highest BCUT2D eigenvalue weighted by Gasteiger charge is 2.39. The van der Waals surface area contributed by atoms with Crippen LogP contribution in [-0.4, -0.2) is 78.6 Å². The van der Waals surface area contributed by atoms with E-state index in [0.717, 1.165) is 0 Å². The molecule has 0 aliphatic carbocycles. The van der Waals surface area contributed by atoms with E-state index in [1.165, 1.54) is 0 Å². The molecule has 0 saturated heterocycles. The molecular formula is C8H13F3NO5S2-. The minimum absolute atomic E-state index is 0.469. The Kier molecular flexibility index (Phi) is 7.36. The van der Waals surface area contributed by atoms with E-state index in [9.17, 15) is 28.5 Å². The third-order valence-electron chi connectivity index (χ3n) is 2.22. The zero-order valence-electron chi connectivity index (χ0n) is 9.36. The van der Waals surface area contributed by atoms with Crippen molar-refractivity contribution in [2.75, 3.05) is 13.2 Å². The maximum atomic E-state index is 12.4. The molecule has 6 nitrogen and oxygen atoms in total. The number of halogens is 3. The topological polar surface area (TPSA) is 104 Å². The van der Waals surface area contributed by atoms with Gasteiger partial charge in [-0.05, 0) is 0 Å². The first-order chi connectivity index (χ1) is 8.52. The van der Waals surface area contributed by atoms with Crippen molar-refractivity contribution < 1.29 is 38.7 Å². The average Bonchev–Trinajstić information content (AvgIpc) is 2.30. The summed E-state index contributed by atoms with van der Waals surface area (Å²) in [6.07, 6.45) is -13.0. The molecule has 5 N–H and O–H groups in total. The Morgan fingerprint density at radius 2 is 1.53 bits per heavy atom. The molecule has 0 aromatic heterocycles. The summed E-state index contributed by atoms with van der Waals surface area (Å²) in [5, 5.41) is 45.4. The van der Waals surface area contributed by atoms with Gasteiger partial charge < -0.3 is 50.4 Å². The summed E-state index contributed by atoms with van der Waals surface area (Å²) in [5.41, 5.74) is 0. The summed E-state index contributed by atoms with van der Waals surface area (Å²) in [5.74, 6) is 0. The van der Waals surface area contributed by atoms with Crippen LogP contribution >= 0.6 is 12.2 Å². The number of alkyl halides is 3. The third kappa shape index (κ3) is 5.69. The maximum absolute atomic E-state index is 12.4. The van der Waals surface area contributed by atoms with Gasteiger partial charge in [-0.3, -0.25) is 4.90 Å². The summed E-state index contributed by atoms with van der Waals surface area (Å²) in [4.78, 5) is -0.469. The Balaban J connectivity index is 4.74. The fourth-order valence-electron chi connectivity index (χ4n) is 1.14. The van der Waals surface area contributed by atoms with E-state index in [1.54, 1.807) is 0 Å². The Bertz CT molecular complexity index is 307. The number of aliphatic hydroxyl groups is 5. The molecule has 0 aromatic carbocycles. The van der Waals surface area contributed by atoms with Gasteiger partial charge in [-0.2, -0.15) is 13.2 Å². The van der Waals surface area contributed by atoms with Crippen LogP contribution in [0.4, 0.5) is 13.2 Å². The van der Waals surface area contributed by atoms with Crippen molar-refractivity contribution in [3.05, 3.63) is 0 Å². The molecule has 0 aliphatic rings. The van der Waals surface area contributed by atoms with Crippen LogP contribution in [0.3, 0.4) is 0 Å². The van der Waals surface area contributed by atoms with Gasteiger partial charge in [-0.15, -0.1) is 0 Å². The molecule has 19 heavy (non-hydrogen) atoms. The molecule has 0 rings (SSSR count). The Hall–Kier alpha value is -0.300. The molecule has 114 valence electrons. The second kappa shape index (κ2) is 7.47. The van der Waals surface area contributed by atoms with Crippen molar-refractivity contribution in [3.8, 4) is 0 Å². The number of aliphatic hydroxyl groups excluding tert-OH is 5. The molecule has 4 unspecified atom stereocenters. The van der Waals surface area contributed by atoms with Crippen molar-refractivity contribution in [2.45, 2.75) is 30.7 Å². The number of hydrogen-bond donors (Lipinski definition) is 5. The van der Waals surface area contributed by atoms with Gasteiger partial charge >= 0.3 is 6.30 Å². The molecule has 0 bridgehead atoms. The lowest BCUT2D eigenvalue weighted by molar-refractivity contribution is -0.226. The van der Waals surface area contributed by atoms with E-state index < -0.39 is 53.1 Å². The van der Waals surface area contributed by atoms with E-state index in [1.807, 2.05) is 0 Å². The van der Waals surface area contributed by atoms with E-state index >= 15 is 0 Å². The van der Waals surface area contributed by atoms with Gasteiger partial charge in [-0.25, -0.2) is 0 Å². The quantitative estimate of drug-likeness (QED) is 0.219. The van der Waals surface area contributed by atoms with Crippen LogP contribution in [0.1, 0.15) is 0 Å². The Morgan fingerprint density at radius 1 is 1.11 bits per heavy atom. The predicted molar refractivity (Wildman–Crippen MR) is 63.8 cm³/mol. The summed E-state index contributed by atoms with van der Waals surface area (Å²) < 4.78 is 36.4. The number of hydrogen-bond acceptors (Lipinski definition) is 7. The highest BCUT2D eigenvalue weighted by atomic mass is 32.1. The first-order valence-corrected chi connectivity index (χ1v) is 5.72. The average molecular weight is 324 g/mol. The highest BCUT2D eigenvalue weighted by molar-refractivity contribution is 8.00. The fourth-order valence-corrected chi connectivity index (χ4v) is 1.50. The van der Waals surface area contributed by atoms with E-state index in [4.69, 9.17) is 10.2 Å². The Labute approximate surface area is 117 Å². The van der Waals surface area contributed by atoms with Gasteiger partial charge in [-0.1, -0.05) is 4.32 Å². The number of thiocarbonyl (C=S) groups is 1. The van der Waals surface area contributed by atoms with Crippen molar-refractivity contribution in [1.82, 2.24) is 4.90 Å². The molecule has 0 saturated carbocycles. The lowest BCUT2D eigenvalue weighted by atomic mass is 10.0. The summed E-state index contributed by atoms with van der Waals surface area (Å²) in [6, 6.07) is 0. The minimum atomic E-state index is -4.94. The van der Waals surface area contributed by atoms with Gasteiger partial charge in [0.15, 0.2) is 0 Å². The summed E-state index contributed by atoms with van der Waals surface area (Å²) in [7, 11) is 0. The van der Waals surface area contributed by atoms with E-state index in [2.05, 4.69) is 24.8 Å². The van der Waals surface area contributed by atoms with Crippen LogP contribution in [0.15, 0.2) is 0 Å². The number of rotatable bonds is 6. The maximum Gasteiger partial charge on any atom is 0.483 e. The van der Waals surface area contributed by atoms with Crippen LogP contribution in [0.25, 0.3) is 0 Å². The van der Waals surface area contributed by atoms with E-state index in [0.29, 0.717) is 0 Å². The lowest BCUT2D eigenvalue weighted by Crippen LogP contribution is -2.53. The lowest BCUT2D eigenvalue weighted by Gasteiger charge is -2.34. The van der Waals surface area contributed by atoms with Crippen LogP contribution in [0.5, 0.6) is 0 Å². The van der Waals surface area contributed by atoms with Crippen molar-refractivity contribution in [1.29, 1.82) is 0 Å². The van der Waals surface area contributed by atoms with Gasteiger partial charge in [0.2, 0.25) is 0 Å². The van der Waals surface area contributed by atoms with Gasteiger partial charge in [0.25, 0.3) is 0 Å². The molecule has 0 aromatic rings. The zero-order chi connectivity index (χ0) is 15.4. The predicted octanol–water partition coefficient (Wildman–Crippen LogP) is -1.92. The molecule has 0 aliphatic heterocycles. The molecule has 11 heteroatoms. The first-order valence-electron chi connectivity index (χ1n) is 4.90. The second-order valence-electron chi connectivity index (χ2n) is 3.64. The molecule has 0 fully saturated rings. The standard InChI is InChI=1S/C8H14F3NO5S2/c9-8(10,11)12(7(18)19)1-3(14)5(16)6(17)4(15)2-13/h3-6,13-17H,1-2H2,(H,18,19)/p-1. The van der Waals surface area contributed by atoms with Crippen LogP contribution in [0.2, 0.25) is 0 Å². The number of nitrogens with zero attached hydrogens (tertiary/aromatic N) is 1. The molecule has 0 amide bonds. The Morgan fingerprint density at radius 3 is 1.84 bits per heavy atom. The second-order valence-corrected chi connectivity index (χ2v) is 4.67. The van der Waals surface area contributed by atoms with Crippen LogP contribution in [0, 0.1) is 0 Å². The molecule has 0 heterocycles. The van der Waals surface area contributed by atoms with Crippen LogP contribution < -0.4 is 0 Å². The molecule has 4 atom stereocenters. The fraction of sp³-hybridized carbons (Fsp3) is 0.875. The van der Waals surface area contributed by atoms with E-state index in [-0.39, 0.29) is 0 Å². The van der Waals surface area contributed by atoms with Crippen LogP contribution in [-0.2, 0) is 12.6 Å². The summed E-state index contributed by atoms with van der Waals surface area (Å²) in [6.45, 7) is -2.14. The molecule has 0 radical (unpaired) electrons. The molecular weight excluding hydrogens is 311 g/mol. The minimum Gasteiger partial charge on any atom is -0.411 e. The van der Waals surface area contributed by atoms with Gasteiger partial charge in [0.1, 0.15) is 24.4 Å². The van der Waals surface area contributed by atoms with Crippen molar-refractivity contribution >= 4 is 29.2 Å². The first kappa shape index (κ1) is 18.7. The summed E-state index contributed by atoms with van der Waals surface area (Å²) >= 11 is 8.37. The largest absolute Gasteiger partial charge is 0.483 e. The van der Waals surface area contributed by atoms with Crippen molar-refractivity contribution in [2.24, 2.45) is 0 Å². The smallest absolute Gasteiger partial charge is 0.411 e. The van der Waals surface area contributed by atoms with Crippen molar-refractivity contribution in [3.63, 3.8) is 0 Å². The third-order valence-corrected chi connectivity index (χ3v) is 2.66. The zero-order valence-corrected chi connectivity index (χ0v) is 11.0. The molecule has 0 spiro atoms. The van der Waals surface area contributed by atoms with Gasteiger partial charge in [0, 0.05) is 0 Å².